The van der Waals surface area contributed by atoms with Crippen molar-refractivity contribution in [2.45, 2.75) is 33.2 Å². The Bertz CT molecular complexity index is 1500. The number of oxazole rings is 1. The average molecular weight is 485 g/mol. The van der Waals surface area contributed by atoms with Crippen molar-refractivity contribution in [2.24, 2.45) is 0 Å². The lowest BCUT2D eigenvalue weighted by Gasteiger charge is -2.30. The Kier molecular flexibility index (Phi) is 5.84. The molecule has 10 heteroatoms. The molecule has 1 aliphatic rings. The Labute approximate surface area is 205 Å². The highest BCUT2D eigenvalue weighted by atomic mass is 32.1. The van der Waals surface area contributed by atoms with Crippen LogP contribution < -0.4 is 10.2 Å². The number of rotatable bonds is 5. The normalized spacial score (nSPS) is 12.8. The second-order valence-electron chi connectivity index (χ2n) is 8.09. The Balaban J connectivity index is 1.37. The van der Waals surface area contributed by atoms with E-state index in [1.54, 1.807) is 31.0 Å². The molecule has 35 heavy (non-hydrogen) atoms. The summed E-state index contributed by atoms with van der Waals surface area (Å²) in [6, 6.07) is 11.5. The summed E-state index contributed by atoms with van der Waals surface area (Å²) in [4.78, 5) is 39.7. The van der Waals surface area contributed by atoms with Crippen LogP contribution in [0.2, 0.25) is 0 Å². The molecule has 0 aliphatic carbocycles. The predicted octanol–water partition coefficient (Wildman–Crippen LogP) is 4.41. The number of nitrogens with zero attached hydrogens (tertiary/aromatic N) is 5. The zero-order valence-corrected chi connectivity index (χ0v) is 19.8. The minimum absolute atomic E-state index is 0.00889. The van der Waals surface area contributed by atoms with Crippen LogP contribution in [0.3, 0.4) is 0 Å². The van der Waals surface area contributed by atoms with Crippen molar-refractivity contribution in [3.05, 3.63) is 76.1 Å². The van der Waals surface area contributed by atoms with Crippen molar-refractivity contribution >= 4 is 34.0 Å². The number of thiazole rings is 1. The molecule has 0 spiro atoms. The van der Waals surface area contributed by atoms with Gasteiger partial charge in [0, 0.05) is 41.7 Å². The molecule has 3 aromatic heterocycles. The van der Waals surface area contributed by atoms with Crippen molar-refractivity contribution in [3.63, 3.8) is 0 Å². The van der Waals surface area contributed by atoms with Crippen molar-refractivity contribution in [1.82, 2.24) is 15.0 Å². The summed E-state index contributed by atoms with van der Waals surface area (Å²) in [5, 5.41) is 14.4. The van der Waals surface area contributed by atoms with Crippen molar-refractivity contribution < 1.29 is 14.0 Å². The lowest BCUT2D eigenvalue weighted by atomic mass is 9.97. The van der Waals surface area contributed by atoms with E-state index < -0.39 is 5.91 Å². The van der Waals surface area contributed by atoms with Crippen LogP contribution >= 0.6 is 11.3 Å². The van der Waals surface area contributed by atoms with Crippen molar-refractivity contribution in [3.8, 4) is 17.3 Å². The van der Waals surface area contributed by atoms with Gasteiger partial charge < -0.3 is 9.32 Å². The quantitative estimate of drug-likeness (QED) is 0.445. The fourth-order valence-corrected chi connectivity index (χ4v) is 4.80. The van der Waals surface area contributed by atoms with Gasteiger partial charge in [-0.05, 0) is 37.1 Å². The SMILES string of the molecule is Cc1nc(C)c(C(=O)Nc2nc(-c3ccc4c(c3)CCC(=O)N4Cc3cccnc3C#N)cs2)o1. The van der Waals surface area contributed by atoms with Gasteiger partial charge in [0.1, 0.15) is 11.8 Å². The van der Waals surface area contributed by atoms with E-state index in [-0.39, 0.29) is 18.2 Å². The van der Waals surface area contributed by atoms with E-state index in [0.717, 1.165) is 22.5 Å². The largest absolute Gasteiger partial charge is 0.436 e. The summed E-state index contributed by atoms with van der Waals surface area (Å²) >= 11 is 1.32. The van der Waals surface area contributed by atoms with E-state index in [9.17, 15) is 14.9 Å². The monoisotopic (exact) mass is 484 g/mol. The van der Waals surface area contributed by atoms with Gasteiger partial charge in [-0.25, -0.2) is 15.0 Å². The number of hydrogen-bond acceptors (Lipinski definition) is 8. The number of aryl methyl sites for hydroxylation is 3. The van der Waals surface area contributed by atoms with Gasteiger partial charge in [-0.2, -0.15) is 5.26 Å². The number of hydrogen-bond donors (Lipinski definition) is 1. The molecule has 0 saturated carbocycles. The van der Waals surface area contributed by atoms with Gasteiger partial charge in [0.2, 0.25) is 11.7 Å². The van der Waals surface area contributed by atoms with Crippen molar-refractivity contribution in [2.75, 3.05) is 10.2 Å². The molecular formula is C25H20N6O3S. The van der Waals surface area contributed by atoms with Gasteiger partial charge >= 0.3 is 0 Å². The molecule has 1 aliphatic heterocycles. The van der Waals surface area contributed by atoms with Gasteiger partial charge in [-0.15, -0.1) is 11.3 Å². The first-order valence-corrected chi connectivity index (χ1v) is 11.8. The predicted molar refractivity (Wildman–Crippen MR) is 130 cm³/mol. The molecule has 4 heterocycles. The number of carbonyl (C=O) groups is 2. The second-order valence-corrected chi connectivity index (χ2v) is 8.94. The first kappa shape index (κ1) is 22.4. The molecule has 1 N–H and O–H groups in total. The molecule has 0 bridgehead atoms. The van der Waals surface area contributed by atoms with Crippen LogP contribution in [0.4, 0.5) is 10.8 Å². The van der Waals surface area contributed by atoms with Crippen LogP contribution in [0, 0.1) is 25.2 Å². The highest BCUT2D eigenvalue weighted by Gasteiger charge is 2.26. The molecule has 2 amide bonds. The molecule has 1 aromatic carbocycles. The number of nitriles is 1. The van der Waals surface area contributed by atoms with Crippen LogP contribution in [0.5, 0.6) is 0 Å². The van der Waals surface area contributed by atoms with E-state index in [0.29, 0.717) is 40.8 Å². The van der Waals surface area contributed by atoms with E-state index >= 15 is 0 Å². The standard InChI is InChI=1S/C25H20N6O3S/c1-14-23(34-15(2)28-14)24(33)30-25-29-20(13-35-25)16-5-7-21-17(10-16)6-8-22(32)31(21)12-18-4-3-9-27-19(18)11-26/h3-5,7,9-10,13H,6,8,12H2,1-2H3,(H,29,30,33). The number of nitrogens with one attached hydrogen (secondary N) is 1. The Morgan fingerprint density at radius 2 is 2.11 bits per heavy atom. The highest BCUT2D eigenvalue weighted by Crippen LogP contribution is 2.34. The zero-order valence-electron chi connectivity index (χ0n) is 19.0. The molecule has 0 saturated heterocycles. The number of amides is 2. The number of pyridine rings is 1. The number of aromatic nitrogens is 3. The summed E-state index contributed by atoms with van der Waals surface area (Å²) in [7, 11) is 0. The third-order valence-corrected chi connectivity index (χ3v) is 6.49. The number of anilines is 2. The van der Waals surface area contributed by atoms with Crippen LogP contribution in [0.1, 0.15) is 45.4 Å². The van der Waals surface area contributed by atoms with E-state index in [2.05, 4.69) is 26.3 Å². The molecule has 5 rings (SSSR count). The highest BCUT2D eigenvalue weighted by molar-refractivity contribution is 7.14. The Hall–Kier alpha value is -4.36. The van der Waals surface area contributed by atoms with Gasteiger partial charge in [0.05, 0.1) is 17.9 Å². The zero-order chi connectivity index (χ0) is 24.5. The van der Waals surface area contributed by atoms with Crippen LogP contribution in [-0.4, -0.2) is 26.8 Å². The van der Waals surface area contributed by atoms with Crippen LogP contribution in [0.25, 0.3) is 11.3 Å². The summed E-state index contributed by atoms with van der Waals surface area (Å²) < 4.78 is 5.38. The van der Waals surface area contributed by atoms with Gasteiger partial charge in [-0.1, -0.05) is 12.1 Å². The molecule has 0 radical (unpaired) electrons. The summed E-state index contributed by atoms with van der Waals surface area (Å²) in [6.07, 6.45) is 2.57. The Morgan fingerprint density at radius 1 is 1.26 bits per heavy atom. The van der Waals surface area contributed by atoms with Gasteiger partial charge in [0.15, 0.2) is 11.0 Å². The molecule has 0 atom stereocenters. The molecule has 0 unspecified atom stereocenters. The van der Waals surface area contributed by atoms with Crippen molar-refractivity contribution in [1.29, 1.82) is 5.26 Å². The smallest absolute Gasteiger partial charge is 0.295 e. The fraction of sp³-hybridized carbons (Fsp3) is 0.200. The number of benzene rings is 1. The Morgan fingerprint density at radius 3 is 2.89 bits per heavy atom. The first-order chi connectivity index (χ1) is 16.9. The summed E-state index contributed by atoms with van der Waals surface area (Å²) in [5.74, 6) is 0.220. The molecule has 4 aromatic rings. The van der Waals surface area contributed by atoms with Crippen LogP contribution in [-0.2, 0) is 17.8 Å². The minimum atomic E-state index is -0.393. The topological polar surface area (TPSA) is 125 Å². The fourth-order valence-electron chi connectivity index (χ4n) is 4.09. The maximum atomic E-state index is 12.7. The van der Waals surface area contributed by atoms with E-state index in [1.165, 1.54) is 11.3 Å². The van der Waals surface area contributed by atoms with E-state index in [1.807, 2.05) is 29.6 Å². The molecule has 0 fully saturated rings. The van der Waals surface area contributed by atoms with Gasteiger partial charge in [0.25, 0.3) is 5.91 Å². The molecule has 9 nitrogen and oxygen atoms in total. The second kappa shape index (κ2) is 9.12. The molecular weight excluding hydrogens is 464 g/mol. The number of carbonyl (C=O) groups excluding carboxylic acids is 2. The summed E-state index contributed by atoms with van der Waals surface area (Å²) in [6.45, 7) is 3.69. The molecule has 174 valence electrons. The maximum absolute atomic E-state index is 12.7. The van der Waals surface area contributed by atoms with Gasteiger partial charge in [-0.3, -0.25) is 14.9 Å². The summed E-state index contributed by atoms with van der Waals surface area (Å²) in [5.41, 5.74) is 5.00. The third kappa shape index (κ3) is 4.41. The van der Waals surface area contributed by atoms with Crippen LogP contribution in [0.15, 0.2) is 46.3 Å². The maximum Gasteiger partial charge on any atom is 0.295 e. The average Bonchev–Trinajstić information content (AvgIpc) is 3.46. The minimum Gasteiger partial charge on any atom is -0.436 e. The first-order valence-electron chi connectivity index (χ1n) is 10.9. The van der Waals surface area contributed by atoms with E-state index in [4.69, 9.17) is 4.42 Å². The number of fused-ring (bicyclic) bond motifs is 1. The lowest BCUT2D eigenvalue weighted by Crippen LogP contribution is -2.34. The third-order valence-electron chi connectivity index (χ3n) is 5.74. The lowest BCUT2D eigenvalue weighted by molar-refractivity contribution is -0.119.